The number of hydrogen-bond donors (Lipinski definition) is 1. The van der Waals surface area contributed by atoms with Crippen LogP contribution in [0, 0.1) is 10.1 Å². The Balaban J connectivity index is 1.97. The van der Waals surface area contributed by atoms with Crippen molar-refractivity contribution in [2.75, 3.05) is 26.3 Å². The molecule has 116 valence electrons. The summed E-state index contributed by atoms with van der Waals surface area (Å²) in [5.74, 6) is -0.468. The summed E-state index contributed by atoms with van der Waals surface area (Å²) in [5.41, 5.74) is 0.212. The Hall–Kier alpha value is -2.67. The van der Waals surface area contributed by atoms with Crippen LogP contribution in [0.25, 0.3) is 6.08 Å². The maximum absolute atomic E-state index is 11.8. The maximum Gasteiger partial charge on any atom is 0.311 e. The van der Waals surface area contributed by atoms with Gasteiger partial charge >= 0.3 is 5.69 Å². The highest BCUT2D eigenvalue weighted by Gasteiger charge is 2.14. The van der Waals surface area contributed by atoms with E-state index in [2.05, 4.69) is 0 Å². The number of nitro groups is 1. The fraction of sp³-hybridized carbons (Fsp3) is 0.267. The van der Waals surface area contributed by atoms with Crippen molar-refractivity contribution in [3.8, 4) is 5.75 Å². The number of amides is 1. The first kappa shape index (κ1) is 15.7. The van der Waals surface area contributed by atoms with E-state index in [1.165, 1.54) is 18.2 Å². The van der Waals surface area contributed by atoms with E-state index in [1.54, 1.807) is 29.2 Å². The molecule has 1 aliphatic rings. The van der Waals surface area contributed by atoms with Crippen LogP contribution in [0.4, 0.5) is 5.69 Å². The minimum Gasteiger partial charge on any atom is -0.502 e. The predicted molar refractivity (Wildman–Crippen MR) is 80.3 cm³/mol. The highest BCUT2D eigenvalue weighted by Crippen LogP contribution is 2.26. The van der Waals surface area contributed by atoms with Gasteiger partial charge in [-0.25, -0.2) is 0 Å². The summed E-state index contributed by atoms with van der Waals surface area (Å²) in [4.78, 5) is 23.6. The predicted octanol–water partition coefficient (Wildman–Crippen LogP) is 1.73. The highest BCUT2D eigenvalue weighted by molar-refractivity contribution is 5.88. The zero-order chi connectivity index (χ0) is 15.9. The molecule has 2 rings (SSSR count). The van der Waals surface area contributed by atoms with Crippen LogP contribution in [-0.2, 0) is 9.53 Å². The molecule has 1 aromatic carbocycles. The monoisotopic (exact) mass is 304 g/mol. The molecule has 0 unspecified atom stereocenters. The fourth-order valence-electron chi connectivity index (χ4n) is 1.98. The highest BCUT2D eigenvalue weighted by atomic mass is 16.6. The smallest absolute Gasteiger partial charge is 0.311 e. The number of rotatable bonds is 4. The Morgan fingerprint density at radius 3 is 2.73 bits per heavy atom. The van der Waals surface area contributed by atoms with E-state index in [0.717, 1.165) is 0 Å². The van der Waals surface area contributed by atoms with Crippen LogP contribution in [0.15, 0.2) is 36.4 Å². The first-order chi connectivity index (χ1) is 10.6. The third kappa shape index (κ3) is 4.16. The first-order valence-corrected chi connectivity index (χ1v) is 6.77. The number of morpholine rings is 1. The molecule has 0 atom stereocenters. The minimum atomic E-state index is -0.648. The molecule has 1 aromatic rings. The van der Waals surface area contributed by atoms with Crippen LogP contribution < -0.4 is 0 Å². The molecule has 7 nitrogen and oxygen atoms in total. The lowest BCUT2D eigenvalue weighted by atomic mass is 10.1. The van der Waals surface area contributed by atoms with E-state index >= 15 is 0 Å². The van der Waals surface area contributed by atoms with Gasteiger partial charge in [0.25, 0.3) is 0 Å². The maximum atomic E-state index is 11.8. The quantitative estimate of drug-likeness (QED) is 0.396. The van der Waals surface area contributed by atoms with Gasteiger partial charge in [-0.1, -0.05) is 24.3 Å². The van der Waals surface area contributed by atoms with Crippen molar-refractivity contribution in [3.63, 3.8) is 0 Å². The van der Waals surface area contributed by atoms with Gasteiger partial charge in [0.1, 0.15) is 0 Å². The number of carbonyl (C=O) groups excluding carboxylic acids is 1. The number of nitro benzene ring substituents is 1. The lowest BCUT2D eigenvalue weighted by Crippen LogP contribution is -2.39. The van der Waals surface area contributed by atoms with Crippen LogP contribution in [-0.4, -0.2) is 47.1 Å². The Labute approximate surface area is 127 Å². The molecule has 1 amide bonds. The molecule has 0 aromatic heterocycles. The molecule has 22 heavy (non-hydrogen) atoms. The zero-order valence-corrected chi connectivity index (χ0v) is 11.8. The molecule has 0 bridgehead atoms. The Morgan fingerprint density at radius 2 is 2.05 bits per heavy atom. The number of phenolic OH excluding ortho intramolecular Hbond substituents is 1. The van der Waals surface area contributed by atoms with Crippen molar-refractivity contribution in [1.82, 2.24) is 4.90 Å². The molecule has 0 saturated carbocycles. The minimum absolute atomic E-state index is 0.0929. The second kappa shape index (κ2) is 7.37. The van der Waals surface area contributed by atoms with Gasteiger partial charge in [-0.2, -0.15) is 0 Å². The van der Waals surface area contributed by atoms with Gasteiger partial charge in [-0.15, -0.1) is 0 Å². The summed E-state index contributed by atoms with van der Waals surface area (Å²) in [6, 6.07) is 4.08. The van der Waals surface area contributed by atoms with Gasteiger partial charge in [0, 0.05) is 25.2 Å². The van der Waals surface area contributed by atoms with Crippen molar-refractivity contribution in [2.24, 2.45) is 0 Å². The fourth-order valence-corrected chi connectivity index (χ4v) is 1.98. The molecular formula is C15H16N2O5. The standard InChI is InChI=1S/C15H16N2O5/c18-14-6-5-12(11-13(14)17(20)21)3-1-2-4-15(19)16-7-9-22-10-8-16/h1-6,11,18H,7-10H2/b3-1+,4-2+. The molecule has 7 heteroatoms. The van der Waals surface area contributed by atoms with E-state index in [-0.39, 0.29) is 17.3 Å². The van der Waals surface area contributed by atoms with Crippen LogP contribution >= 0.6 is 0 Å². The number of carbonyl (C=O) groups is 1. The van der Waals surface area contributed by atoms with Crippen LogP contribution in [0.2, 0.25) is 0 Å². The van der Waals surface area contributed by atoms with Crippen LogP contribution in [0.5, 0.6) is 5.75 Å². The number of allylic oxidation sites excluding steroid dienone is 2. The van der Waals surface area contributed by atoms with Gasteiger partial charge in [-0.3, -0.25) is 14.9 Å². The van der Waals surface area contributed by atoms with E-state index in [0.29, 0.717) is 31.9 Å². The van der Waals surface area contributed by atoms with Gasteiger partial charge < -0.3 is 14.7 Å². The molecule has 0 spiro atoms. The third-order valence-electron chi connectivity index (χ3n) is 3.16. The molecule has 1 N–H and O–H groups in total. The van der Waals surface area contributed by atoms with Crippen LogP contribution in [0.1, 0.15) is 5.56 Å². The molecule has 1 fully saturated rings. The lowest BCUT2D eigenvalue weighted by Gasteiger charge is -2.25. The van der Waals surface area contributed by atoms with Gasteiger partial charge in [-0.05, 0) is 11.6 Å². The number of hydrogen-bond acceptors (Lipinski definition) is 5. The van der Waals surface area contributed by atoms with E-state index in [4.69, 9.17) is 4.74 Å². The molecule has 1 aliphatic heterocycles. The SMILES string of the molecule is O=C(/C=C/C=C/c1ccc(O)c([N+](=O)[O-])c1)N1CCOCC1. The summed E-state index contributed by atoms with van der Waals surface area (Å²) in [6.07, 6.45) is 6.26. The van der Waals surface area contributed by atoms with Gasteiger partial charge in [0.15, 0.2) is 5.75 Å². The summed E-state index contributed by atoms with van der Waals surface area (Å²) >= 11 is 0. The van der Waals surface area contributed by atoms with Crippen molar-refractivity contribution >= 4 is 17.7 Å². The molecule has 1 saturated heterocycles. The Bertz CT molecular complexity index is 618. The van der Waals surface area contributed by atoms with Gasteiger partial charge in [0.05, 0.1) is 18.1 Å². The van der Waals surface area contributed by atoms with Crippen molar-refractivity contribution in [1.29, 1.82) is 0 Å². The van der Waals surface area contributed by atoms with E-state index < -0.39 is 4.92 Å². The van der Waals surface area contributed by atoms with Crippen LogP contribution in [0.3, 0.4) is 0 Å². The first-order valence-electron chi connectivity index (χ1n) is 6.77. The van der Waals surface area contributed by atoms with Crippen molar-refractivity contribution in [2.45, 2.75) is 0 Å². The number of benzene rings is 1. The average molecular weight is 304 g/mol. The lowest BCUT2D eigenvalue weighted by molar-refractivity contribution is -0.385. The second-order valence-electron chi connectivity index (χ2n) is 4.66. The van der Waals surface area contributed by atoms with Gasteiger partial charge in [0.2, 0.25) is 5.91 Å². The molecular weight excluding hydrogens is 288 g/mol. The summed E-state index contributed by atoms with van der Waals surface area (Å²) in [7, 11) is 0. The van der Waals surface area contributed by atoms with E-state index in [1.807, 2.05) is 0 Å². The average Bonchev–Trinajstić information content (AvgIpc) is 2.53. The zero-order valence-electron chi connectivity index (χ0n) is 11.8. The number of nitrogens with zero attached hydrogens (tertiary/aromatic N) is 2. The van der Waals surface area contributed by atoms with Crippen molar-refractivity contribution < 1.29 is 19.6 Å². The molecule has 0 aliphatic carbocycles. The number of aromatic hydroxyl groups is 1. The largest absolute Gasteiger partial charge is 0.502 e. The number of ether oxygens (including phenoxy) is 1. The second-order valence-corrected chi connectivity index (χ2v) is 4.66. The summed E-state index contributed by atoms with van der Waals surface area (Å²) in [6.45, 7) is 2.26. The third-order valence-corrected chi connectivity index (χ3v) is 3.16. The summed E-state index contributed by atoms with van der Waals surface area (Å²) in [5, 5.41) is 20.1. The molecule has 0 radical (unpaired) electrons. The molecule has 1 heterocycles. The van der Waals surface area contributed by atoms with E-state index in [9.17, 15) is 20.0 Å². The number of phenols is 1. The van der Waals surface area contributed by atoms with Crippen molar-refractivity contribution in [3.05, 3.63) is 52.1 Å². The Kier molecular flexibility index (Phi) is 5.26. The summed E-state index contributed by atoms with van der Waals surface area (Å²) < 4.78 is 5.17. The topological polar surface area (TPSA) is 92.9 Å². The normalized spacial score (nSPS) is 15.5. The Morgan fingerprint density at radius 1 is 1.32 bits per heavy atom.